The summed E-state index contributed by atoms with van der Waals surface area (Å²) in [5.74, 6) is 0.150. The Bertz CT molecular complexity index is 802. The predicted octanol–water partition coefficient (Wildman–Crippen LogP) is 8.88. The fraction of sp³-hybridized carbons (Fsp3) is 0.912. The van der Waals surface area contributed by atoms with Crippen molar-refractivity contribution in [2.24, 2.45) is 17.3 Å². The zero-order chi connectivity index (χ0) is 33.1. The largest absolute Gasteiger partial charge is 0.456 e. The van der Waals surface area contributed by atoms with Crippen molar-refractivity contribution in [1.29, 1.82) is 0 Å². The highest BCUT2D eigenvalue weighted by molar-refractivity contribution is 6.74. The second-order valence-corrected chi connectivity index (χ2v) is 23.2. The van der Waals surface area contributed by atoms with Crippen LogP contribution in [0.1, 0.15) is 117 Å². The molecule has 42 heavy (non-hydrogen) atoms. The molecule has 8 heteroatoms. The Balaban J connectivity index is 6.07. The van der Waals surface area contributed by atoms with Crippen LogP contribution in [0.2, 0.25) is 36.3 Å². The minimum absolute atomic E-state index is 0.0378. The second kappa shape index (κ2) is 18.5. The molecule has 0 saturated carbocycles. The van der Waals surface area contributed by atoms with Crippen LogP contribution in [0.5, 0.6) is 0 Å². The van der Waals surface area contributed by atoms with E-state index in [0.29, 0.717) is 11.5 Å². The Hall–Kier alpha value is -0.516. The molecule has 6 atom stereocenters. The summed E-state index contributed by atoms with van der Waals surface area (Å²) in [4.78, 5) is 13.7. The third kappa shape index (κ3) is 10.8. The molecule has 0 aromatic carbocycles. The summed E-state index contributed by atoms with van der Waals surface area (Å²) in [7, 11) is -3.95. The topological polar surface area (TPSA) is 85.2 Å². The lowest BCUT2D eigenvalue weighted by molar-refractivity contribution is -0.158. The van der Waals surface area contributed by atoms with Crippen molar-refractivity contribution in [3.05, 3.63) is 11.1 Å². The molecule has 3 unspecified atom stereocenters. The smallest absolute Gasteiger partial charge is 0.334 e. The van der Waals surface area contributed by atoms with Gasteiger partial charge in [0.1, 0.15) is 18.3 Å². The van der Waals surface area contributed by atoms with Gasteiger partial charge in [0.15, 0.2) is 16.6 Å². The molecule has 0 fully saturated rings. The number of esters is 1. The first-order valence-electron chi connectivity index (χ1n) is 17.0. The fourth-order valence-corrected chi connectivity index (χ4v) is 12.3. The lowest BCUT2D eigenvalue weighted by Gasteiger charge is -2.44. The standard InChI is InChI=1S/C34H70O6Si2/c1-16-29(39-41(17-2,18-3)19-4)34(14,15)32(36)30(35)27(12)26(11)28(13)38-33(37)31(25(10)23-24(8)9)40-42(20-5,21-6)22-7/h24-25,28-32,35-36H,16-23H2,1-15H3/b27-26+/t25-,28?,29?,30-,31?,32-/m0/s1. The fourth-order valence-electron chi connectivity index (χ4n) is 6.31. The van der Waals surface area contributed by atoms with Crippen LogP contribution in [0.3, 0.4) is 0 Å². The molecule has 0 aliphatic carbocycles. The summed E-state index contributed by atoms with van der Waals surface area (Å²) in [6, 6.07) is 5.99. The van der Waals surface area contributed by atoms with Crippen molar-refractivity contribution < 1.29 is 28.6 Å². The summed E-state index contributed by atoms with van der Waals surface area (Å²) in [5.41, 5.74) is 0.703. The quantitative estimate of drug-likeness (QED) is 0.0749. The zero-order valence-electron chi connectivity index (χ0n) is 30.2. The molecule has 0 heterocycles. The van der Waals surface area contributed by atoms with E-state index in [2.05, 4.69) is 69.2 Å². The van der Waals surface area contributed by atoms with Gasteiger partial charge in [0.05, 0.1) is 12.2 Å². The molecule has 6 nitrogen and oxygen atoms in total. The van der Waals surface area contributed by atoms with Gasteiger partial charge in [0, 0.05) is 5.41 Å². The van der Waals surface area contributed by atoms with Gasteiger partial charge in [-0.1, -0.05) is 83.1 Å². The minimum atomic E-state index is -2.05. The molecule has 0 amide bonds. The van der Waals surface area contributed by atoms with Crippen LogP contribution in [-0.4, -0.2) is 63.3 Å². The van der Waals surface area contributed by atoms with Crippen LogP contribution in [-0.2, 0) is 18.4 Å². The molecule has 250 valence electrons. The summed E-state index contributed by atoms with van der Waals surface area (Å²) in [6.45, 7) is 31.2. The molecule has 0 spiro atoms. The molecule has 0 aliphatic heterocycles. The first-order chi connectivity index (χ1) is 19.4. The lowest BCUT2D eigenvalue weighted by Crippen LogP contribution is -2.52. The van der Waals surface area contributed by atoms with Gasteiger partial charge in [-0.25, -0.2) is 4.79 Å². The lowest BCUT2D eigenvalue weighted by atomic mass is 9.75. The average molecular weight is 631 g/mol. The van der Waals surface area contributed by atoms with E-state index in [1.165, 1.54) is 0 Å². The van der Waals surface area contributed by atoms with E-state index in [4.69, 9.17) is 13.6 Å². The molecule has 2 N–H and O–H groups in total. The van der Waals surface area contributed by atoms with Crippen molar-refractivity contribution in [2.45, 2.75) is 183 Å². The van der Waals surface area contributed by atoms with Crippen LogP contribution in [0.15, 0.2) is 11.1 Å². The van der Waals surface area contributed by atoms with E-state index in [0.717, 1.165) is 54.7 Å². The van der Waals surface area contributed by atoms with Crippen LogP contribution in [0, 0.1) is 17.3 Å². The van der Waals surface area contributed by atoms with Gasteiger partial charge in [-0.15, -0.1) is 0 Å². The molecule has 0 bridgehead atoms. The van der Waals surface area contributed by atoms with Gasteiger partial charge >= 0.3 is 5.97 Å². The van der Waals surface area contributed by atoms with E-state index in [1.807, 2.05) is 34.6 Å². The van der Waals surface area contributed by atoms with E-state index in [9.17, 15) is 15.0 Å². The summed E-state index contributed by atoms with van der Waals surface area (Å²) >= 11 is 0. The highest BCUT2D eigenvalue weighted by atomic mass is 28.4. The van der Waals surface area contributed by atoms with Gasteiger partial charge in [-0.05, 0) is 92.9 Å². The Morgan fingerprint density at radius 2 is 1.17 bits per heavy atom. The maximum Gasteiger partial charge on any atom is 0.334 e. The molecule has 0 aromatic heterocycles. The van der Waals surface area contributed by atoms with Gasteiger partial charge < -0.3 is 23.8 Å². The van der Waals surface area contributed by atoms with Crippen molar-refractivity contribution in [3.63, 3.8) is 0 Å². The molecule has 0 rings (SSSR count). The maximum atomic E-state index is 13.7. The first-order valence-corrected chi connectivity index (χ1v) is 22.1. The maximum absolute atomic E-state index is 13.7. The molecular formula is C34H70O6Si2. The van der Waals surface area contributed by atoms with E-state index in [-0.39, 0.29) is 18.0 Å². The first kappa shape index (κ1) is 41.5. The van der Waals surface area contributed by atoms with Crippen LogP contribution in [0.4, 0.5) is 0 Å². The van der Waals surface area contributed by atoms with Gasteiger partial charge in [0.25, 0.3) is 0 Å². The number of hydrogen-bond acceptors (Lipinski definition) is 6. The van der Waals surface area contributed by atoms with E-state index < -0.39 is 46.5 Å². The Kier molecular flexibility index (Phi) is 18.2. The van der Waals surface area contributed by atoms with Gasteiger partial charge in [-0.3, -0.25) is 0 Å². The van der Waals surface area contributed by atoms with Crippen LogP contribution >= 0.6 is 0 Å². The zero-order valence-corrected chi connectivity index (χ0v) is 32.2. The number of rotatable bonds is 21. The number of aliphatic hydroxyl groups is 2. The SMILES string of the molecule is CCC(O[Si](CC)(CC)CC)C(C)(C)[C@@H](O)[C@@H](O)/C(C)=C(\C)C(C)OC(=O)C(O[Si](CC)(CC)CC)[C@@H](C)CC(C)C. The monoisotopic (exact) mass is 630 g/mol. The highest BCUT2D eigenvalue weighted by Crippen LogP contribution is 2.38. The third-order valence-electron chi connectivity index (χ3n) is 10.5. The molecule has 0 aliphatic rings. The summed E-state index contributed by atoms with van der Waals surface area (Å²) in [5, 5.41) is 22.9. The Morgan fingerprint density at radius 1 is 0.738 bits per heavy atom. The Labute approximate surface area is 262 Å². The molecule has 0 radical (unpaired) electrons. The van der Waals surface area contributed by atoms with E-state index >= 15 is 0 Å². The predicted molar refractivity (Wildman–Crippen MR) is 183 cm³/mol. The highest BCUT2D eigenvalue weighted by Gasteiger charge is 2.45. The summed E-state index contributed by atoms with van der Waals surface area (Å²) in [6.07, 6.45) is -1.84. The van der Waals surface area contributed by atoms with E-state index in [1.54, 1.807) is 0 Å². The number of aliphatic hydroxyl groups excluding tert-OH is 2. The third-order valence-corrected chi connectivity index (χ3v) is 19.7. The van der Waals surface area contributed by atoms with Crippen molar-refractivity contribution in [3.8, 4) is 0 Å². The molecule has 0 saturated heterocycles. The minimum Gasteiger partial charge on any atom is -0.456 e. The number of ether oxygens (including phenoxy) is 1. The number of carbonyl (C=O) groups excluding carboxylic acids is 1. The van der Waals surface area contributed by atoms with Crippen molar-refractivity contribution in [1.82, 2.24) is 0 Å². The van der Waals surface area contributed by atoms with Crippen LogP contribution < -0.4 is 0 Å². The Morgan fingerprint density at radius 3 is 1.55 bits per heavy atom. The van der Waals surface area contributed by atoms with Crippen LogP contribution in [0.25, 0.3) is 0 Å². The second-order valence-electron chi connectivity index (χ2n) is 13.8. The summed E-state index contributed by atoms with van der Waals surface area (Å²) < 4.78 is 19.6. The van der Waals surface area contributed by atoms with Gasteiger partial charge in [-0.2, -0.15) is 0 Å². The van der Waals surface area contributed by atoms with Crippen molar-refractivity contribution >= 4 is 22.6 Å². The number of carbonyl (C=O) groups is 1. The average Bonchev–Trinajstić information content (AvgIpc) is 2.96. The molecular weight excluding hydrogens is 561 g/mol. The normalized spacial score (nSPS) is 18.2. The molecule has 0 aromatic rings. The number of hydrogen-bond donors (Lipinski definition) is 2. The van der Waals surface area contributed by atoms with Crippen molar-refractivity contribution in [2.75, 3.05) is 0 Å². The van der Waals surface area contributed by atoms with Gasteiger partial charge in [0.2, 0.25) is 0 Å².